The van der Waals surface area contributed by atoms with Gasteiger partial charge in [0, 0.05) is 19.4 Å². The first-order valence-corrected chi connectivity index (χ1v) is 7.80. The van der Waals surface area contributed by atoms with E-state index in [0.717, 1.165) is 11.0 Å². The molecule has 1 N–H and O–H groups in total. The second kappa shape index (κ2) is 5.86. The largest absolute Gasteiger partial charge is 0.345 e. The maximum Gasteiger partial charge on any atom is 0.270 e. The van der Waals surface area contributed by atoms with E-state index in [4.69, 9.17) is 0 Å². The van der Waals surface area contributed by atoms with Crippen molar-refractivity contribution in [3.63, 3.8) is 0 Å². The molecule has 3 aromatic heterocycles. The smallest absolute Gasteiger partial charge is 0.270 e. The summed E-state index contributed by atoms with van der Waals surface area (Å²) in [6, 6.07) is 13.0. The van der Waals surface area contributed by atoms with Crippen molar-refractivity contribution < 1.29 is 4.79 Å². The van der Waals surface area contributed by atoms with Gasteiger partial charge in [0.05, 0.1) is 17.6 Å². The summed E-state index contributed by atoms with van der Waals surface area (Å²) in [4.78, 5) is 33.5. The Hall–Kier alpha value is -3.48. The van der Waals surface area contributed by atoms with Gasteiger partial charge in [0.15, 0.2) is 0 Å². The van der Waals surface area contributed by atoms with E-state index in [1.54, 1.807) is 24.4 Å². The van der Waals surface area contributed by atoms with Crippen LogP contribution in [0.1, 0.15) is 16.2 Å². The number of imidazole rings is 1. The molecule has 7 heteroatoms. The van der Waals surface area contributed by atoms with Gasteiger partial charge in [-0.3, -0.25) is 14.0 Å². The highest BCUT2D eigenvalue weighted by molar-refractivity contribution is 5.93. The molecule has 1 amide bonds. The molecular formula is C18H15N5O2. The third-order valence-corrected chi connectivity index (χ3v) is 4.14. The molecule has 0 spiro atoms. The number of carbonyl (C=O) groups is 1. The molecule has 0 aliphatic rings. The lowest BCUT2D eigenvalue weighted by Crippen LogP contribution is -2.31. The topological polar surface area (TPSA) is 81.3 Å². The van der Waals surface area contributed by atoms with Gasteiger partial charge in [0.2, 0.25) is 0 Å². The number of hydrogen-bond donors (Lipinski definition) is 1. The molecule has 0 saturated heterocycles. The van der Waals surface area contributed by atoms with Crippen LogP contribution in [0, 0.1) is 0 Å². The molecule has 0 aliphatic heterocycles. The summed E-state index contributed by atoms with van der Waals surface area (Å²) in [5.74, 6) is 0.242. The molecule has 25 heavy (non-hydrogen) atoms. The predicted molar refractivity (Wildman–Crippen MR) is 93.3 cm³/mol. The first kappa shape index (κ1) is 15.1. The fourth-order valence-corrected chi connectivity index (χ4v) is 2.79. The van der Waals surface area contributed by atoms with Crippen LogP contribution in [0.2, 0.25) is 0 Å². The Morgan fingerprint density at radius 2 is 1.96 bits per heavy atom. The second-order valence-electron chi connectivity index (χ2n) is 5.66. The van der Waals surface area contributed by atoms with Crippen molar-refractivity contribution in [2.45, 2.75) is 6.54 Å². The van der Waals surface area contributed by atoms with Crippen molar-refractivity contribution in [1.29, 1.82) is 0 Å². The highest BCUT2D eigenvalue weighted by atomic mass is 16.2. The van der Waals surface area contributed by atoms with Crippen LogP contribution >= 0.6 is 0 Å². The Labute approximate surface area is 142 Å². The normalized spacial score (nSPS) is 11.1. The first-order valence-electron chi connectivity index (χ1n) is 7.80. The predicted octanol–water partition coefficient (Wildman–Crippen LogP) is 1.51. The summed E-state index contributed by atoms with van der Waals surface area (Å²) in [7, 11) is 1.89. The minimum absolute atomic E-state index is 0.00228. The molecule has 7 nitrogen and oxygen atoms in total. The lowest BCUT2D eigenvalue weighted by atomic mass is 10.3. The maximum atomic E-state index is 12.4. The lowest BCUT2D eigenvalue weighted by Gasteiger charge is -2.06. The monoisotopic (exact) mass is 333 g/mol. The summed E-state index contributed by atoms with van der Waals surface area (Å²) in [6.07, 6.45) is 2.90. The van der Waals surface area contributed by atoms with E-state index >= 15 is 0 Å². The van der Waals surface area contributed by atoms with E-state index in [2.05, 4.69) is 15.3 Å². The average Bonchev–Trinajstić information content (AvgIpc) is 2.96. The fraction of sp³-hybridized carbons (Fsp3) is 0.111. The molecule has 0 unspecified atom stereocenters. The summed E-state index contributed by atoms with van der Waals surface area (Å²) in [5.41, 5.74) is 1.95. The summed E-state index contributed by atoms with van der Waals surface area (Å²) in [5, 5.41) is 2.75. The number of carbonyl (C=O) groups excluding carboxylic acids is 1. The zero-order valence-corrected chi connectivity index (χ0v) is 13.5. The minimum atomic E-state index is -0.470. The van der Waals surface area contributed by atoms with E-state index in [9.17, 15) is 9.59 Å². The second-order valence-corrected chi connectivity index (χ2v) is 5.66. The molecule has 0 aliphatic carbocycles. The Morgan fingerprint density at radius 3 is 2.80 bits per heavy atom. The van der Waals surface area contributed by atoms with Gasteiger partial charge < -0.3 is 9.88 Å². The number of rotatable bonds is 3. The van der Waals surface area contributed by atoms with Gasteiger partial charge in [0.1, 0.15) is 17.0 Å². The summed E-state index contributed by atoms with van der Waals surface area (Å²) < 4.78 is 3.27. The van der Waals surface area contributed by atoms with E-state index in [1.165, 1.54) is 10.6 Å². The van der Waals surface area contributed by atoms with Crippen molar-refractivity contribution in [1.82, 2.24) is 24.3 Å². The van der Waals surface area contributed by atoms with Gasteiger partial charge in [-0.1, -0.05) is 18.2 Å². The number of fused-ring (bicyclic) bond motifs is 2. The van der Waals surface area contributed by atoms with Crippen LogP contribution in [0.25, 0.3) is 16.7 Å². The fourth-order valence-electron chi connectivity index (χ4n) is 2.79. The van der Waals surface area contributed by atoms with Crippen LogP contribution in [0.5, 0.6) is 0 Å². The number of pyridine rings is 1. The standard InChI is InChI=1S/C18H15N5O2/c1-22-14-7-3-2-6-13(14)21-16(22)11-20-17(24)12-10-19-15-8-4-5-9-23(15)18(12)25/h2-10H,11H2,1H3,(H,20,24). The van der Waals surface area contributed by atoms with Crippen LogP contribution in [-0.2, 0) is 13.6 Å². The van der Waals surface area contributed by atoms with Gasteiger partial charge in [0.25, 0.3) is 11.5 Å². The van der Waals surface area contributed by atoms with Gasteiger partial charge in [-0.25, -0.2) is 9.97 Å². The molecule has 0 radical (unpaired) electrons. The molecule has 0 fully saturated rings. The number of benzene rings is 1. The zero-order chi connectivity index (χ0) is 17.4. The molecule has 0 atom stereocenters. The van der Waals surface area contributed by atoms with Gasteiger partial charge >= 0.3 is 0 Å². The molecular weight excluding hydrogens is 318 g/mol. The molecule has 4 rings (SSSR count). The van der Waals surface area contributed by atoms with Crippen molar-refractivity contribution in [3.8, 4) is 0 Å². The Balaban J connectivity index is 1.61. The lowest BCUT2D eigenvalue weighted by molar-refractivity contribution is 0.0947. The maximum absolute atomic E-state index is 12.4. The van der Waals surface area contributed by atoms with Crippen LogP contribution in [0.15, 0.2) is 59.7 Å². The Kier molecular flexibility index (Phi) is 3.53. The SMILES string of the molecule is Cn1c(CNC(=O)c2cnc3ccccn3c2=O)nc2ccccc21. The summed E-state index contributed by atoms with van der Waals surface area (Å²) in [6.45, 7) is 0.223. The molecule has 0 bridgehead atoms. The van der Waals surface area contributed by atoms with E-state index < -0.39 is 11.5 Å². The Bertz CT molecular complexity index is 1160. The Morgan fingerprint density at radius 1 is 1.16 bits per heavy atom. The molecule has 3 heterocycles. The van der Waals surface area contributed by atoms with Crippen molar-refractivity contribution in [2.75, 3.05) is 0 Å². The molecule has 0 saturated carbocycles. The minimum Gasteiger partial charge on any atom is -0.345 e. The number of para-hydroxylation sites is 2. The van der Waals surface area contributed by atoms with Crippen molar-refractivity contribution >= 4 is 22.6 Å². The molecule has 124 valence electrons. The van der Waals surface area contributed by atoms with E-state index in [0.29, 0.717) is 11.5 Å². The number of nitrogens with one attached hydrogen (secondary N) is 1. The van der Waals surface area contributed by atoms with E-state index in [1.807, 2.05) is 35.9 Å². The zero-order valence-electron chi connectivity index (χ0n) is 13.5. The van der Waals surface area contributed by atoms with Crippen molar-refractivity contribution in [2.24, 2.45) is 7.05 Å². The van der Waals surface area contributed by atoms with Crippen LogP contribution in [0.4, 0.5) is 0 Å². The number of nitrogens with zero attached hydrogens (tertiary/aromatic N) is 4. The van der Waals surface area contributed by atoms with Crippen LogP contribution < -0.4 is 10.9 Å². The third kappa shape index (κ3) is 2.55. The van der Waals surface area contributed by atoms with Crippen LogP contribution in [-0.4, -0.2) is 24.8 Å². The van der Waals surface area contributed by atoms with Crippen molar-refractivity contribution in [3.05, 3.63) is 76.6 Å². The van der Waals surface area contributed by atoms with Gasteiger partial charge in [-0.2, -0.15) is 0 Å². The molecule has 1 aromatic carbocycles. The number of aromatic nitrogens is 4. The quantitative estimate of drug-likeness (QED) is 0.616. The van der Waals surface area contributed by atoms with Crippen LogP contribution in [0.3, 0.4) is 0 Å². The third-order valence-electron chi connectivity index (χ3n) is 4.14. The average molecular weight is 333 g/mol. The number of amides is 1. The number of hydrogen-bond acceptors (Lipinski definition) is 4. The van der Waals surface area contributed by atoms with E-state index in [-0.39, 0.29) is 12.1 Å². The highest BCUT2D eigenvalue weighted by Gasteiger charge is 2.14. The highest BCUT2D eigenvalue weighted by Crippen LogP contribution is 2.13. The van der Waals surface area contributed by atoms with Gasteiger partial charge in [-0.05, 0) is 24.3 Å². The summed E-state index contributed by atoms with van der Waals surface area (Å²) >= 11 is 0. The molecule has 4 aromatic rings. The number of aryl methyl sites for hydroxylation is 1. The van der Waals surface area contributed by atoms with Gasteiger partial charge in [-0.15, -0.1) is 0 Å². The first-order chi connectivity index (χ1) is 12.1.